The Morgan fingerprint density at radius 1 is 1.12 bits per heavy atom. The lowest BCUT2D eigenvalue weighted by Crippen LogP contribution is -2.35. The summed E-state index contributed by atoms with van der Waals surface area (Å²) in [7, 11) is 0. The third-order valence-corrected chi connectivity index (χ3v) is 4.22. The summed E-state index contributed by atoms with van der Waals surface area (Å²) in [6, 6.07) is 7.74. The van der Waals surface area contributed by atoms with Crippen LogP contribution in [0.2, 0.25) is 0 Å². The molecule has 1 aliphatic rings. The van der Waals surface area contributed by atoms with Gasteiger partial charge in [0.25, 0.3) is 5.56 Å². The zero-order valence-corrected chi connectivity index (χ0v) is 13.1. The zero-order chi connectivity index (χ0) is 16.4. The van der Waals surface area contributed by atoms with E-state index in [1.807, 2.05) is 24.4 Å². The highest BCUT2D eigenvalue weighted by atomic mass is 16.1. The topological polar surface area (TPSA) is 74.8 Å². The standard InChI is InChI=1S/C18H17N5O/c24-18-15-5-8-23(11-13-3-1-6-19-9-13)12-16(15)21-17(22-18)14-4-2-7-20-10-14/h1-4,6-7,9-10H,5,8,11-12H2,(H,21,22,24). The monoisotopic (exact) mass is 319 g/mol. The van der Waals surface area contributed by atoms with Crippen molar-refractivity contribution in [1.29, 1.82) is 0 Å². The highest BCUT2D eigenvalue weighted by Gasteiger charge is 2.21. The van der Waals surface area contributed by atoms with E-state index in [0.29, 0.717) is 18.8 Å². The Morgan fingerprint density at radius 3 is 2.71 bits per heavy atom. The fourth-order valence-corrected chi connectivity index (χ4v) is 3.02. The van der Waals surface area contributed by atoms with Crippen LogP contribution >= 0.6 is 0 Å². The lowest BCUT2D eigenvalue weighted by atomic mass is 10.1. The molecule has 0 radical (unpaired) electrons. The predicted molar refractivity (Wildman–Crippen MR) is 90.1 cm³/mol. The van der Waals surface area contributed by atoms with E-state index in [4.69, 9.17) is 0 Å². The number of nitrogens with zero attached hydrogens (tertiary/aromatic N) is 4. The quantitative estimate of drug-likeness (QED) is 0.796. The molecule has 0 aliphatic carbocycles. The van der Waals surface area contributed by atoms with Crippen molar-refractivity contribution in [2.24, 2.45) is 0 Å². The average molecular weight is 319 g/mol. The lowest BCUT2D eigenvalue weighted by Gasteiger charge is -2.27. The number of rotatable bonds is 3. The Bertz CT molecular complexity index is 892. The first-order valence-corrected chi connectivity index (χ1v) is 7.93. The second kappa shape index (κ2) is 6.33. The van der Waals surface area contributed by atoms with Crippen molar-refractivity contribution < 1.29 is 0 Å². The number of aromatic amines is 1. The van der Waals surface area contributed by atoms with Crippen molar-refractivity contribution in [1.82, 2.24) is 24.8 Å². The van der Waals surface area contributed by atoms with Crippen molar-refractivity contribution in [3.8, 4) is 11.4 Å². The molecule has 0 aromatic carbocycles. The summed E-state index contributed by atoms with van der Waals surface area (Å²) in [5.41, 5.74) is 3.60. The van der Waals surface area contributed by atoms with Crippen LogP contribution in [0.3, 0.4) is 0 Å². The van der Waals surface area contributed by atoms with Gasteiger partial charge in [0.05, 0.1) is 5.69 Å². The summed E-state index contributed by atoms with van der Waals surface area (Å²) in [6.45, 7) is 2.32. The number of hydrogen-bond acceptors (Lipinski definition) is 5. The molecular weight excluding hydrogens is 302 g/mol. The van der Waals surface area contributed by atoms with Gasteiger partial charge in [-0.15, -0.1) is 0 Å². The van der Waals surface area contributed by atoms with Gasteiger partial charge in [0.2, 0.25) is 0 Å². The van der Waals surface area contributed by atoms with E-state index in [1.165, 1.54) is 5.56 Å². The normalized spacial score (nSPS) is 14.3. The van der Waals surface area contributed by atoms with Crippen molar-refractivity contribution in [3.63, 3.8) is 0 Å². The highest BCUT2D eigenvalue weighted by Crippen LogP contribution is 2.19. The average Bonchev–Trinajstić information content (AvgIpc) is 2.63. The van der Waals surface area contributed by atoms with Gasteiger partial charge >= 0.3 is 0 Å². The summed E-state index contributed by atoms with van der Waals surface area (Å²) in [5.74, 6) is 0.579. The van der Waals surface area contributed by atoms with Gasteiger partial charge in [-0.3, -0.25) is 19.7 Å². The van der Waals surface area contributed by atoms with Gasteiger partial charge in [0, 0.05) is 55.5 Å². The van der Waals surface area contributed by atoms with Gasteiger partial charge in [-0.1, -0.05) is 6.07 Å². The number of hydrogen-bond donors (Lipinski definition) is 1. The first kappa shape index (κ1) is 14.7. The van der Waals surface area contributed by atoms with Crippen LogP contribution in [0.4, 0.5) is 0 Å². The maximum atomic E-state index is 12.4. The molecule has 3 aromatic rings. The second-order valence-corrected chi connectivity index (χ2v) is 5.90. The van der Waals surface area contributed by atoms with E-state index in [-0.39, 0.29) is 5.56 Å². The van der Waals surface area contributed by atoms with Gasteiger partial charge in [0.1, 0.15) is 5.82 Å². The number of nitrogens with one attached hydrogen (secondary N) is 1. The molecule has 0 unspecified atom stereocenters. The van der Waals surface area contributed by atoms with E-state index in [9.17, 15) is 4.79 Å². The molecule has 0 spiro atoms. The predicted octanol–water partition coefficient (Wildman–Crippen LogP) is 1.79. The van der Waals surface area contributed by atoms with E-state index in [2.05, 4.69) is 30.9 Å². The molecule has 6 heteroatoms. The largest absolute Gasteiger partial charge is 0.306 e. The first-order valence-electron chi connectivity index (χ1n) is 7.93. The Labute approximate surface area is 139 Å². The molecule has 0 saturated heterocycles. The minimum absolute atomic E-state index is 0.0418. The Morgan fingerprint density at radius 2 is 1.96 bits per heavy atom. The van der Waals surface area contributed by atoms with Crippen LogP contribution in [0.5, 0.6) is 0 Å². The molecule has 0 atom stereocenters. The molecule has 1 N–H and O–H groups in total. The molecule has 1 aliphatic heterocycles. The molecular formula is C18H17N5O. The highest BCUT2D eigenvalue weighted by molar-refractivity contribution is 5.53. The molecule has 24 heavy (non-hydrogen) atoms. The minimum Gasteiger partial charge on any atom is -0.306 e. The number of aromatic nitrogens is 4. The maximum absolute atomic E-state index is 12.4. The number of pyridine rings is 2. The summed E-state index contributed by atoms with van der Waals surface area (Å²) in [6.07, 6.45) is 7.78. The van der Waals surface area contributed by atoms with Gasteiger partial charge in [-0.05, 0) is 30.2 Å². The smallest absolute Gasteiger partial charge is 0.254 e. The summed E-state index contributed by atoms with van der Waals surface area (Å²) < 4.78 is 0. The van der Waals surface area contributed by atoms with Gasteiger partial charge in [0.15, 0.2) is 0 Å². The van der Waals surface area contributed by atoms with Crippen molar-refractivity contribution in [2.45, 2.75) is 19.5 Å². The number of fused-ring (bicyclic) bond motifs is 1. The molecule has 0 amide bonds. The van der Waals surface area contributed by atoms with Crippen molar-refractivity contribution >= 4 is 0 Å². The first-order chi connectivity index (χ1) is 11.8. The van der Waals surface area contributed by atoms with Crippen molar-refractivity contribution in [2.75, 3.05) is 6.54 Å². The molecule has 4 rings (SSSR count). The second-order valence-electron chi connectivity index (χ2n) is 5.90. The fourth-order valence-electron chi connectivity index (χ4n) is 3.02. The van der Waals surface area contributed by atoms with Crippen molar-refractivity contribution in [3.05, 3.63) is 76.2 Å². The van der Waals surface area contributed by atoms with Crippen LogP contribution in [0.15, 0.2) is 53.8 Å². The minimum atomic E-state index is -0.0418. The van der Waals surface area contributed by atoms with Crippen LogP contribution in [0.1, 0.15) is 16.8 Å². The third-order valence-electron chi connectivity index (χ3n) is 4.22. The maximum Gasteiger partial charge on any atom is 0.254 e. The van der Waals surface area contributed by atoms with Crippen LogP contribution < -0.4 is 5.56 Å². The zero-order valence-electron chi connectivity index (χ0n) is 13.1. The molecule has 4 heterocycles. The SMILES string of the molecule is O=c1[nH]c(-c2cccnc2)nc2c1CCN(Cc1cccnc1)C2. The fraction of sp³-hybridized carbons (Fsp3) is 0.222. The third kappa shape index (κ3) is 2.96. The molecule has 0 saturated carbocycles. The summed E-state index contributed by atoms with van der Waals surface area (Å²) in [5, 5.41) is 0. The van der Waals surface area contributed by atoms with Crippen LogP contribution in [0, 0.1) is 0 Å². The van der Waals surface area contributed by atoms with Gasteiger partial charge in [-0.2, -0.15) is 0 Å². The molecule has 3 aromatic heterocycles. The van der Waals surface area contributed by atoms with E-state index < -0.39 is 0 Å². The van der Waals surface area contributed by atoms with Gasteiger partial charge < -0.3 is 4.98 Å². The van der Waals surface area contributed by atoms with E-state index in [1.54, 1.807) is 18.6 Å². The lowest BCUT2D eigenvalue weighted by molar-refractivity contribution is 0.240. The molecule has 0 fully saturated rings. The summed E-state index contributed by atoms with van der Waals surface area (Å²) >= 11 is 0. The Hall–Kier alpha value is -2.86. The van der Waals surface area contributed by atoms with Gasteiger partial charge in [-0.25, -0.2) is 4.98 Å². The Balaban J connectivity index is 1.62. The van der Waals surface area contributed by atoms with E-state index in [0.717, 1.165) is 29.9 Å². The van der Waals surface area contributed by atoms with Crippen LogP contribution in [0.25, 0.3) is 11.4 Å². The molecule has 6 nitrogen and oxygen atoms in total. The number of H-pyrrole nitrogens is 1. The van der Waals surface area contributed by atoms with Crippen LogP contribution in [-0.4, -0.2) is 31.4 Å². The Kier molecular flexibility index (Phi) is 3.88. The molecule has 120 valence electrons. The van der Waals surface area contributed by atoms with Crippen LogP contribution in [-0.2, 0) is 19.5 Å². The molecule has 0 bridgehead atoms. The summed E-state index contributed by atoms with van der Waals surface area (Å²) in [4.78, 5) is 30.5. The van der Waals surface area contributed by atoms with E-state index >= 15 is 0 Å².